The molecular formula is C12H13N3O2. The zero-order valence-electron chi connectivity index (χ0n) is 9.63. The molecule has 0 bridgehead atoms. The summed E-state index contributed by atoms with van der Waals surface area (Å²) in [7, 11) is 0. The van der Waals surface area contributed by atoms with E-state index in [0.29, 0.717) is 0 Å². The van der Waals surface area contributed by atoms with E-state index in [1.807, 2.05) is 32.0 Å². The number of aryl methyl sites for hydroxylation is 1. The van der Waals surface area contributed by atoms with Crippen LogP contribution < -0.4 is 10.9 Å². The maximum atomic E-state index is 11.8. The molecule has 2 aromatic rings. The second kappa shape index (κ2) is 4.29. The van der Waals surface area contributed by atoms with Gasteiger partial charge in [0.05, 0.1) is 0 Å². The van der Waals surface area contributed by atoms with Crippen molar-refractivity contribution in [3.63, 3.8) is 0 Å². The third-order valence-corrected chi connectivity index (χ3v) is 2.69. The van der Waals surface area contributed by atoms with Crippen molar-refractivity contribution in [1.29, 1.82) is 0 Å². The Balaban J connectivity index is 2.24. The van der Waals surface area contributed by atoms with E-state index in [1.54, 1.807) is 0 Å². The Hall–Kier alpha value is -2.30. The quantitative estimate of drug-likeness (QED) is 0.733. The second-order valence-corrected chi connectivity index (χ2v) is 3.87. The van der Waals surface area contributed by atoms with Gasteiger partial charge in [-0.15, -0.1) is 0 Å². The zero-order valence-corrected chi connectivity index (χ0v) is 9.63. The van der Waals surface area contributed by atoms with Crippen molar-refractivity contribution < 1.29 is 4.79 Å². The van der Waals surface area contributed by atoms with E-state index >= 15 is 0 Å². The van der Waals surface area contributed by atoms with Crippen molar-refractivity contribution in [2.45, 2.75) is 13.8 Å². The number of amides is 1. The van der Waals surface area contributed by atoms with E-state index in [-0.39, 0.29) is 17.2 Å². The highest BCUT2D eigenvalue weighted by atomic mass is 16.2. The normalized spacial score (nSPS) is 10.2. The van der Waals surface area contributed by atoms with Gasteiger partial charge in [0.25, 0.3) is 11.5 Å². The first kappa shape index (κ1) is 11.2. The number of rotatable bonds is 2. The lowest BCUT2D eigenvalue weighted by molar-refractivity contribution is 0.102. The average molecular weight is 231 g/mol. The summed E-state index contributed by atoms with van der Waals surface area (Å²) in [4.78, 5) is 22.7. The van der Waals surface area contributed by atoms with E-state index < -0.39 is 0 Å². The molecule has 2 rings (SSSR count). The molecule has 5 nitrogen and oxygen atoms in total. The number of H-pyrrole nitrogens is 2. The highest BCUT2D eigenvalue weighted by Gasteiger charge is 2.10. The van der Waals surface area contributed by atoms with Gasteiger partial charge in [0.1, 0.15) is 5.69 Å². The Morgan fingerprint density at radius 3 is 2.65 bits per heavy atom. The molecule has 1 aromatic heterocycles. The van der Waals surface area contributed by atoms with Gasteiger partial charge in [0.15, 0.2) is 0 Å². The minimum absolute atomic E-state index is 0.218. The molecule has 0 spiro atoms. The number of carbonyl (C=O) groups excluding carboxylic acids is 1. The molecule has 3 N–H and O–H groups in total. The minimum atomic E-state index is -0.336. The second-order valence-electron chi connectivity index (χ2n) is 3.87. The first-order valence-electron chi connectivity index (χ1n) is 5.23. The number of anilines is 1. The van der Waals surface area contributed by atoms with Crippen LogP contribution >= 0.6 is 0 Å². The topological polar surface area (TPSA) is 77.8 Å². The lowest BCUT2D eigenvalue weighted by Crippen LogP contribution is -2.13. The summed E-state index contributed by atoms with van der Waals surface area (Å²) in [6.45, 7) is 3.91. The van der Waals surface area contributed by atoms with E-state index in [4.69, 9.17) is 0 Å². The zero-order chi connectivity index (χ0) is 12.4. The molecule has 1 aromatic carbocycles. The van der Waals surface area contributed by atoms with E-state index in [1.165, 1.54) is 6.07 Å². The van der Waals surface area contributed by atoms with Gasteiger partial charge in [-0.1, -0.05) is 12.1 Å². The van der Waals surface area contributed by atoms with E-state index in [9.17, 15) is 9.59 Å². The number of hydrogen-bond acceptors (Lipinski definition) is 2. The molecular weight excluding hydrogens is 218 g/mol. The van der Waals surface area contributed by atoms with Crippen molar-refractivity contribution in [2.75, 3.05) is 5.32 Å². The molecule has 0 aliphatic rings. The molecule has 0 fully saturated rings. The number of carbonyl (C=O) groups is 1. The predicted molar refractivity (Wildman–Crippen MR) is 65.3 cm³/mol. The average Bonchev–Trinajstić information content (AvgIpc) is 2.72. The SMILES string of the molecule is Cc1cccc(NC(=O)c2cc(=O)[nH][nH]2)c1C. The fourth-order valence-electron chi connectivity index (χ4n) is 1.53. The number of aromatic amines is 2. The molecule has 0 aliphatic carbocycles. The van der Waals surface area contributed by atoms with Gasteiger partial charge in [0.2, 0.25) is 0 Å². The molecule has 88 valence electrons. The van der Waals surface area contributed by atoms with Crippen molar-refractivity contribution >= 4 is 11.6 Å². The molecule has 0 saturated carbocycles. The molecule has 1 heterocycles. The summed E-state index contributed by atoms with van der Waals surface area (Å²) in [5.74, 6) is -0.336. The highest BCUT2D eigenvalue weighted by Crippen LogP contribution is 2.18. The van der Waals surface area contributed by atoms with Crippen LogP contribution in [0.3, 0.4) is 0 Å². The van der Waals surface area contributed by atoms with Crippen molar-refractivity contribution in [2.24, 2.45) is 0 Å². The van der Waals surface area contributed by atoms with Crippen molar-refractivity contribution in [3.8, 4) is 0 Å². The van der Waals surface area contributed by atoms with Gasteiger partial charge in [-0.25, -0.2) is 0 Å². The van der Waals surface area contributed by atoms with Gasteiger partial charge in [-0.3, -0.25) is 19.8 Å². The molecule has 0 aliphatic heterocycles. The summed E-state index contributed by atoms with van der Waals surface area (Å²) >= 11 is 0. The van der Waals surface area contributed by atoms with Gasteiger partial charge in [-0.2, -0.15) is 0 Å². The summed E-state index contributed by atoms with van der Waals surface area (Å²) in [5, 5.41) is 7.58. The number of benzene rings is 1. The van der Waals surface area contributed by atoms with Gasteiger partial charge in [0, 0.05) is 11.8 Å². The first-order chi connectivity index (χ1) is 8.08. The third-order valence-electron chi connectivity index (χ3n) is 2.69. The largest absolute Gasteiger partial charge is 0.320 e. The molecule has 0 saturated heterocycles. The van der Waals surface area contributed by atoms with Crippen LogP contribution in [-0.4, -0.2) is 16.1 Å². The molecule has 0 atom stereocenters. The van der Waals surface area contributed by atoms with Gasteiger partial charge in [-0.05, 0) is 31.0 Å². The lowest BCUT2D eigenvalue weighted by atomic mass is 10.1. The Morgan fingerprint density at radius 2 is 2.00 bits per heavy atom. The molecule has 0 radical (unpaired) electrons. The fourth-order valence-corrected chi connectivity index (χ4v) is 1.53. The fraction of sp³-hybridized carbons (Fsp3) is 0.167. The van der Waals surface area contributed by atoms with Crippen LogP contribution in [0.5, 0.6) is 0 Å². The van der Waals surface area contributed by atoms with Crippen LogP contribution in [0, 0.1) is 13.8 Å². The first-order valence-corrected chi connectivity index (χ1v) is 5.23. The standard InChI is InChI=1S/C12H13N3O2/c1-7-4-3-5-9(8(7)2)13-12(17)10-6-11(16)15-14-10/h3-6H,1-2H3,(H,13,17)(H2,14,15,16). The van der Waals surface area contributed by atoms with Crippen molar-refractivity contribution in [3.05, 3.63) is 51.4 Å². The van der Waals surface area contributed by atoms with E-state index in [2.05, 4.69) is 15.5 Å². The highest BCUT2D eigenvalue weighted by molar-refractivity contribution is 6.03. The maximum absolute atomic E-state index is 11.8. The Kier molecular flexibility index (Phi) is 2.82. The number of aromatic nitrogens is 2. The lowest BCUT2D eigenvalue weighted by Gasteiger charge is -2.09. The van der Waals surface area contributed by atoms with E-state index in [0.717, 1.165) is 16.8 Å². The van der Waals surface area contributed by atoms with Crippen LogP contribution in [0.4, 0.5) is 5.69 Å². The summed E-state index contributed by atoms with van der Waals surface area (Å²) in [6.07, 6.45) is 0. The summed E-state index contributed by atoms with van der Waals surface area (Å²) in [6, 6.07) is 6.90. The maximum Gasteiger partial charge on any atom is 0.273 e. The third kappa shape index (κ3) is 2.28. The van der Waals surface area contributed by atoms with Crippen LogP contribution in [0.1, 0.15) is 21.6 Å². The Labute approximate surface area is 97.9 Å². The number of nitrogens with one attached hydrogen (secondary N) is 3. The number of hydrogen-bond donors (Lipinski definition) is 3. The van der Waals surface area contributed by atoms with Gasteiger partial charge >= 0.3 is 0 Å². The summed E-state index contributed by atoms with van der Waals surface area (Å²) < 4.78 is 0. The Bertz CT molecular complexity index is 610. The minimum Gasteiger partial charge on any atom is -0.320 e. The van der Waals surface area contributed by atoms with Crippen LogP contribution in [0.2, 0.25) is 0 Å². The smallest absolute Gasteiger partial charge is 0.273 e. The van der Waals surface area contributed by atoms with Crippen LogP contribution in [0.15, 0.2) is 29.1 Å². The monoisotopic (exact) mass is 231 g/mol. The molecule has 0 unspecified atom stereocenters. The van der Waals surface area contributed by atoms with Gasteiger partial charge < -0.3 is 5.32 Å². The molecule has 17 heavy (non-hydrogen) atoms. The molecule has 5 heteroatoms. The summed E-state index contributed by atoms with van der Waals surface area (Å²) in [5.41, 5.74) is 2.76. The molecule has 1 amide bonds. The van der Waals surface area contributed by atoms with Crippen LogP contribution in [0.25, 0.3) is 0 Å². The predicted octanol–water partition coefficient (Wildman–Crippen LogP) is 1.57. The van der Waals surface area contributed by atoms with Crippen molar-refractivity contribution in [1.82, 2.24) is 10.2 Å². The van der Waals surface area contributed by atoms with Crippen LogP contribution in [-0.2, 0) is 0 Å². The Morgan fingerprint density at radius 1 is 1.24 bits per heavy atom.